The van der Waals surface area contributed by atoms with Gasteiger partial charge in [-0.3, -0.25) is 4.79 Å². The molecule has 0 bridgehead atoms. The molecule has 1 aromatic heterocycles. The highest BCUT2D eigenvalue weighted by atomic mass is 35.5. The number of para-hydroxylation sites is 1. The summed E-state index contributed by atoms with van der Waals surface area (Å²) in [5, 5.41) is 7.90. The molecule has 0 fully saturated rings. The van der Waals surface area contributed by atoms with Crippen LogP contribution in [0.1, 0.15) is 18.5 Å². The summed E-state index contributed by atoms with van der Waals surface area (Å²) < 4.78 is 15.1. The average Bonchev–Trinajstić information content (AvgIpc) is 3.02. The number of halogens is 2. The SMILES string of the molecule is CC(c1ccc(F)cc1)N(C)C(=O)Cn1nnn(-c2ccccc2Cl)c1=O. The maximum absolute atomic E-state index is 13.1. The van der Waals surface area contributed by atoms with Gasteiger partial charge in [0.1, 0.15) is 12.4 Å². The molecule has 1 amide bonds. The Morgan fingerprint density at radius 2 is 1.85 bits per heavy atom. The molecule has 0 N–H and O–H groups in total. The molecule has 0 radical (unpaired) electrons. The molecule has 3 aromatic rings. The first-order valence-corrected chi connectivity index (χ1v) is 8.55. The van der Waals surface area contributed by atoms with E-state index in [2.05, 4.69) is 10.4 Å². The van der Waals surface area contributed by atoms with E-state index < -0.39 is 5.69 Å². The number of aromatic nitrogens is 4. The van der Waals surface area contributed by atoms with Crippen molar-refractivity contribution in [3.8, 4) is 5.69 Å². The van der Waals surface area contributed by atoms with Gasteiger partial charge in [0.2, 0.25) is 5.91 Å². The van der Waals surface area contributed by atoms with Gasteiger partial charge in [0, 0.05) is 7.05 Å². The monoisotopic (exact) mass is 389 g/mol. The van der Waals surface area contributed by atoms with Crippen LogP contribution in [0.25, 0.3) is 5.69 Å². The number of rotatable bonds is 5. The lowest BCUT2D eigenvalue weighted by molar-refractivity contribution is -0.132. The zero-order chi connectivity index (χ0) is 19.6. The van der Waals surface area contributed by atoms with Crippen LogP contribution in [0.5, 0.6) is 0 Å². The maximum Gasteiger partial charge on any atom is 0.369 e. The van der Waals surface area contributed by atoms with Gasteiger partial charge in [-0.25, -0.2) is 9.18 Å². The van der Waals surface area contributed by atoms with Crippen LogP contribution >= 0.6 is 11.6 Å². The second-order valence-corrected chi connectivity index (χ2v) is 6.42. The van der Waals surface area contributed by atoms with E-state index in [0.717, 1.165) is 14.9 Å². The van der Waals surface area contributed by atoms with Gasteiger partial charge < -0.3 is 4.90 Å². The van der Waals surface area contributed by atoms with Crippen molar-refractivity contribution in [1.29, 1.82) is 0 Å². The van der Waals surface area contributed by atoms with Crippen molar-refractivity contribution in [1.82, 2.24) is 24.7 Å². The number of tetrazole rings is 1. The summed E-state index contributed by atoms with van der Waals surface area (Å²) in [6.07, 6.45) is 0. The van der Waals surface area contributed by atoms with Crippen molar-refractivity contribution in [2.24, 2.45) is 0 Å². The quantitative estimate of drug-likeness (QED) is 0.671. The Hall–Kier alpha value is -3.00. The van der Waals surface area contributed by atoms with Crippen molar-refractivity contribution in [2.75, 3.05) is 7.05 Å². The molecule has 0 aliphatic rings. The number of amides is 1. The van der Waals surface area contributed by atoms with Crippen LogP contribution in [0.4, 0.5) is 4.39 Å². The molecule has 3 rings (SSSR count). The van der Waals surface area contributed by atoms with Gasteiger partial charge in [-0.1, -0.05) is 35.9 Å². The van der Waals surface area contributed by atoms with E-state index in [4.69, 9.17) is 11.6 Å². The Balaban J connectivity index is 1.77. The van der Waals surface area contributed by atoms with E-state index in [9.17, 15) is 14.0 Å². The third kappa shape index (κ3) is 3.90. The van der Waals surface area contributed by atoms with Crippen LogP contribution in [0.2, 0.25) is 5.02 Å². The molecule has 1 atom stereocenters. The van der Waals surface area contributed by atoms with Crippen molar-refractivity contribution >= 4 is 17.5 Å². The summed E-state index contributed by atoms with van der Waals surface area (Å²) in [5.41, 5.74) is 0.592. The normalized spacial score (nSPS) is 12.0. The average molecular weight is 390 g/mol. The summed E-state index contributed by atoms with van der Waals surface area (Å²) in [7, 11) is 1.61. The van der Waals surface area contributed by atoms with Crippen LogP contribution in [0, 0.1) is 5.82 Å². The number of hydrogen-bond acceptors (Lipinski definition) is 4. The lowest BCUT2D eigenvalue weighted by atomic mass is 10.1. The summed E-state index contributed by atoms with van der Waals surface area (Å²) in [6, 6.07) is 12.3. The van der Waals surface area contributed by atoms with Crippen LogP contribution < -0.4 is 5.69 Å². The minimum absolute atomic E-state index is 0.272. The topological polar surface area (TPSA) is 73.0 Å². The molecule has 0 aliphatic heterocycles. The number of hydrogen-bond donors (Lipinski definition) is 0. The highest BCUT2D eigenvalue weighted by Crippen LogP contribution is 2.19. The van der Waals surface area contributed by atoms with Crippen LogP contribution in [0.15, 0.2) is 53.3 Å². The second-order valence-electron chi connectivity index (χ2n) is 6.01. The smallest absolute Gasteiger partial charge is 0.337 e. The molecule has 27 heavy (non-hydrogen) atoms. The molecule has 0 aliphatic carbocycles. The van der Waals surface area contributed by atoms with Gasteiger partial charge in [0.15, 0.2) is 0 Å². The van der Waals surface area contributed by atoms with Gasteiger partial charge in [-0.05, 0) is 47.2 Å². The third-order valence-corrected chi connectivity index (χ3v) is 4.65. The molecule has 1 unspecified atom stereocenters. The molecule has 0 saturated heterocycles. The van der Waals surface area contributed by atoms with Crippen LogP contribution in [-0.4, -0.2) is 37.6 Å². The number of benzene rings is 2. The van der Waals surface area contributed by atoms with E-state index in [1.165, 1.54) is 17.0 Å². The van der Waals surface area contributed by atoms with Gasteiger partial charge >= 0.3 is 5.69 Å². The van der Waals surface area contributed by atoms with Crippen LogP contribution in [-0.2, 0) is 11.3 Å². The van der Waals surface area contributed by atoms with Crippen molar-refractivity contribution < 1.29 is 9.18 Å². The lowest BCUT2D eigenvalue weighted by Gasteiger charge is -2.25. The first kappa shape index (κ1) is 18.8. The highest BCUT2D eigenvalue weighted by molar-refractivity contribution is 6.32. The van der Waals surface area contributed by atoms with Crippen molar-refractivity contribution in [2.45, 2.75) is 19.5 Å². The summed E-state index contributed by atoms with van der Waals surface area (Å²) in [6.45, 7) is 1.54. The van der Waals surface area contributed by atoms with E-state index in [1.807, 2.05) is 6.92 Å². The zero-order valence-corrected chi connectivity index (χ0v) is 15.5. The number of likely N-dealkylation sites (N-methyl/N-ethyl adjacent to an activating group) is 1. The lowest BCUT2D eigenvalue weighted by Crippen LogP contribution is -2.36. The van der Waals surface area contributed by atoms with Gasteiger partial charge in [-0.15, -0.1) is 0 Å². The fraction of sp³-hybridized carbons (Fsp3) is 0.222. The molecular formula is C18H17ClFN5O2. The summed E-state index contributed by atoms with van der Waals surface area (Å²) in [4.78, 5) is 26.5. The number of carbonyl (C=O) groups excluding carboxylic acids is 1. The first-order valence-electron chi connectivity index (χ1n) is 8.17. The Labute approximate surface area is 159 Å². The Morgan fingerprint density at radius 1 is 1.19 bits per heavy atom. The summed E-state index contributed by atoms with van der Waals surface area (Å²) in [5.74, 6) is -0.678. The third-order valence-electron chi connectivity index (χ3n) is 4.33. The van der Waals surface area contributed by atoms with E-state index in [1.54, 1.807) is 43.4 Å². The van der Waals surface area contributed by atoms with Crippen molar-refractivity contribution in [3.05, 3.63) is 75.4 Å². The minimum Gasteiger partial charge on any atom is -0.337 e. The molecule has 7 nitrogen and oxygen atoms in total. The first-order chi connectivity index (χ1) is 12.9. The molecular weight excluding hydrogens is 373 g/mol. The second kappa shape index (κ2) is 7.71. The van der Waals surface area contributed by atoms with E-state index >= 15 is 0 Å². The Morgan fingerprint density at radius 3 is 2.52 bits per heavy atom. The Bertz CT molecular complexity index is 1020. The predicted octanol–water partition coefficient (Wildman–Crippen LogP) is 2.44. The van der Waals surface area contributed by atoms with Crippen LogP contribution in [0.3, 0.4) is 0 Å². The largest absolute Gasteiger partial charge is 0.369 e. The van der Waals surface area contributed by atoms with E-state index in [0.29, 0.717) is 10.7 Å². The molecule has 140 valence electrons. The minimum atomic E-state index is -0.570. The van der Waals surface area contributed by atoms with E-state index in [-0.39, 0.29) is 24.3 Å². The summed E-state index contributed by atoms with van der Waals surface area (Å²) >= 11 is 6.08. The fourth-order valence-corrected chi connectivity index (χ4v) is 2.78. The molecule has 0 saturated carbocycles. The molecule has 0 spiro atoms. The number of nitrogens with zero attached hydrogens (tertiary/aromatic N) is 5. The zero-order valence-electron chi connectivity index (χ0n) is 14.7. The molecule has 2 aromatic carbocycles. The maximum atomic E-state index is 13.1. The van der Waals surface area contributed by atoms with Crippen molar-refractivity contribution in [3.63, 3.8) is 0 Å². The highest BCUT2D eigenvalue weighted by Gasteiger charge is 2.20. The fourth-order valence-electron chi connectivity index (χ4n) is 2.57. The Kier molecular flexibility index (Phi) is 5.36. The standard InChI is InChI=1S/C18H17ClFN5O2/c1-12(13-7-9-14(20)10-8-13)23(2)17(26)11-24-18(27)25(22-21-24)16-6-4-3-5-15(16)19/h3-10,12H,11H2,1-2H3. The van der Waals surface area contributed by atoms with Gasteiger partial charge in [-0.2, -0.15) is 9.36 Å². The number of carbonyl (C=O) groups is 1. The molecule has 9 heteroatoms. The molecule has 1 heterocycles. The van der Waals surface area contributed by atoms with Gasteiger partial charge in [0.05, 0.1) is 16.8 Å². The predicted molar refractivity (Wildman–Crippen MR) is 98.2 cm³/mol. The van der Waals surface area contributed by atoms with Gasteiger partial charge in [0.25, 0.3) is 0 Å².